The Morgan fingerprint density at radius 1 is 1.28 bits per heavy atom. The number of alkyl halides is 2. The first kappa shape index (κ1) is 17.9. The summed E-state index contributed by atoms with van der Waals surface area (Å²) >= 11 is 0.479. The summed E-state index contributed by atoms with van der Waals surface area (Å²) in [6.07, 6.45) is 2.26. The fourth-order valence-corrected chi connectivity index (χ4v) is 3.13. The molecule has 1 aromatic heterocycles. The van der Waals surface area contributed by atoms with Gasteiger partial charge in [-0.25, -0.2) is 0 Å². The maximum Gasteiger partial charge on any atom is 0.288 e. The van der Waals surface area contributed by atoms with Crippen LogP contribution in [0, 0.1) is 0 Å². The predicted octanol–water partition coefficient (Wildman–Crippen LogP) is 5.08. The van der Waals surface area contributed by atoms with Gasteiger partial charge in [0.15, 0.2) is 5.69 Å². The number of rotatable bonds is 5. The monoisotopic (exact) mass is 365 g/mol. The number of amides is 1. The molecule has 134 valence electrons. The number of aromatic nitrogens is 2. The summed E-state index contributed by atoms with van der Waals surface area (Å²) in [6, 6.07) is 8.22. The molecule has 0 atom stereocenters. The number of benzene rings is 1. The van der Waals surface area contributed by atoms with Gasteiger partial charge in [-0.3, -0.25) is 9.48 Å². The minimum atomic E-state index is -2.46. The van der Waals surface area contributed by atoms with Gasteiger partial charge in [-0.15, -0.1) is 0 Å². The lowest BCUT2D eigenvalue weighted by Crippen LogP contribution is -2.25. The topological polar surface area (TPSA) is 46.9 Å². The predicted molar refractivity (Wildman–Crippen MR) is 95.5 cm³/mol. The number of carbonyl (C=O) groups is 1. The first-order chi connectivity index (χ1) is 11.7. The summed E-state index contributed by atoms with van der Waals surface area (Å²) in [5, 5.41) is 7.28. The van der Waals surface area contributed by atoms with Crippen molar-refractivity contribution in [1.29, 1.82) is 0 Å². The molecule has 1 N–H and O–H groups in total. The van der Waals surface area contributed by atoms with Gasteiger partial charge in [0.25, 0.3) is 11.7 Å². The van der Waals surface area contributed by atoms with Crippen LogP contribution in [-0.4, -0.2) is 21.4 Å². The molecule has 1 aliphatic carbocycles. The maximum absolute atomic E-state index is 12.5. The summed E-state index contributed by atoms with van der Waals surface area (Å²) in [7, 11) is 0. The summed E-state index contributed by atoms with van der Waals surface area (Å²) < 4.78 is 26.6. The Balaban J connectivity index is 1.75. The molecule has 0 spiro atoms. The van der Waals surface area contributed by atoms with E-state index in [1.54, 1.807) is 24.3 Å². The standard InChI is InChI=1S/C18H21F2N3OS/c1-18(2,3)23-15(11-4-5-11)10-14(22-23)16(24)21-12-6-8-13(9-7-12)25-17(19)20/h6-11,17H,4-5H2,1-3H3,(H,21,24). The van der Waals surface area contributed by atoms with Crippen molar-refractivity contribution in [2.24, 2.45) is 0 Å². The van der Waals surface area contributed by atoms with Gasteiger partial charge in [-0.05, 0) is 63.9 Å². The molecule has 1 fully saturated rings. The highest BCUT2D eigenvalue weighted by Gasteiger charge is 2.32. The molecule has 0 unspecified atom stereocenters. The minimum absolute atomic E-state index is 0.190. The van der Waals surface area contributed by atoms with Crippen molar-refractivity contribution in [2.75, 3.05) is 5.32 Å². The fourth-order valence-electron chi connectivity index (χ4n) is 2.63. The van der Waals surface area contributed by atoms with Crippen LogP contribution in [0.15, 0.2) is 35.2 Å². The average molecular weight is 365 g/mol. The molecule has 2 aromatic rings. The van der Waals surface area contributed by atoms with E-state index in [9.17, 15) is 13.6 Å². The van der Waals surface area contributed by atoms with Crippen molar-refractivity contribution >= 4 is 23.4 Å². The Hall–Kier alpha value is -1.89. The van der Waals surface area contributed by atoms with Crippen LogP contribution in [0.4, 0.5) is 14.5 Å². The Morgan fingerprint density at radius 2 is 1.92 bits per heavy atom. The van der Waals surface area contributed by atoms with Gasteiger partial charge in [0.2, 0.25) is 0 Å². The van der Waals surface area contributed by atoms with E-state index in [1.807, 2.05) is 10.7 Å². The molecule has 4 nitrogen and oxygen atoms in total. The van der Waals surface area contributed by atoms with Crippen molar-refractivity contribution in [2.45, 2.75) is 55.7 Å². The normalized spacial score (nSPS) is 14.8. The van der Waals surface area contributed by atoms with E-state index in [0.29, 0.717) is 34.0 Å². The second kappa shape index (κ2) is 6.78. The lowest BCUT2D eigenvalue weighted by Gasteiger charge is -2.22. The van der Waals surface area contributed by atoms with Crippen LogP contribution < -0.4 is 5.32 Å². The molecule has 7 heteroatoms. The third-order valence-corrected chi connectivity index (χ3v) is 4.66. The molecule has 0 bridgehead atoms. The smallest absolute Gasteiger partial charge is 0.288 e. The second-order valence-corrected chi connectivity index (χ2v) is 8.23. The molecule has 0 aliphatic heterocycles. The average Bonchev–Trinajstić information content (AvgIpc) is 3.25. The number of hydrogen-bond acceptors (Lipinski definition) is 3. The van der Waals surface area contributed by atoms with Gasteiger partial charge in [0.1, 0.15) is 0 Å². The molecule has 0 radical (unpaired) electrons. The van der Waals surface area contributed by atoms with E-state index in [2.05, 4.69) is 31.2 Å². The van der Waals surface area contributed by atoms with Crippen molar-refractivity contribution in [3.63, 3.8) is 0 Å². The number of anilines is 1. The highest BCUT2D eigenvalue weighted by Crippen LogP contribution is 2.41. The number of thioether (sulfide) groups is 1. The summed E-state index contributed by atoms with van der Waals surface area (Å²) in [4.78, 5) is 13.0. The van der Waals surface area contributed by atoms with Crippen molar-refractivity contribution in [1.82, 2.24) is 9.78 Å². The SMILES string of the molecule is CC(C)(C)n1nc(C(=O)Nc2ccc(SC(F)F)cc2)cc1C1CC1. The quantitative estimate of drug-likeness (QED) is 0.752. The van der Waals surface area contributed by atoms with Gasteiger partial charge >= 0.3 is 0 Å². The number of carbonyl (C=O) groups excluding carboxylic acids is 1. The van der Waals surface area contributed by atoms with Gasteiger partial charge < -0.3 is 5.32 Å². The molecule has 0 saturated heterocycles. The molecular weight excluding hydrogens is 344 g/mol. The zero-order valence-corrected chi connectivity index (χ0v) is 15.2. The molecule has 25 heavy (non-hydrogen) atoms. The third kappa shape index (κ3) is 4.39. The zero-order chi connectivity index (χ0) is 18.2. The fraction of sp³-hybridized carbons (Fsp3) is 0.444. The highest BCUT2D eigenvalue weighted by molar-refractivity contribution is 7.99. The summed E-state index contributed by atoms with van der Waals surface area (Å²) in [5.41, 5.74) is 1.84. The number of halogens is 2. The molecule has 1 aromatic carbocycles. The first-order valence-corrected chi connectivity index (χ1v) is 9.08. The van der Waals surface area contributed by atoms with Crippen LogP contribution >= 0.6 is 11.8 Å². The van der Waals surface area contributed by atoms with Crippen molar-refractivity contribution in [3.05, 3.63) is 41.7 Å². The van der Waals surface area contributed by atoms with E-state index in [4.69, 9.17) is 0 Å². The van der Waals surface area contributed by atoms with E-state index in [0.717, 1.165) is 18.5 Å². The Kier molecular flexibility index (Phi) is 4.86. The van der Waals surface area contributed by atoms with Gasteiger partial charge in [0, 0.05) is 22.2 Å². The van der Waals surface area contributed by atoms with E-state index < -0.39 is 5.76 Å². The van der Waals surface area contributed by atoms with Gasteiger partial charge in [0.05, 0.1) is 5.54 Å². The van der Waals surface area contributed by atoms with E-state index in [-0.39, 0.29) is 11.4 Å². The molecule has 1 saturated carbocycles. The van der Waals surface area contributed by atoms with E-state index in [1.165, 1.54) is 0 Å². The lowest BCUT2D eigenvalue weighted by molar-refractivity contribution is 0.102. The first-order valence-electron chi connectivity index (χ1n) is 8.21. The van der Waals surface area contributed by atoms with E-state index >= 15 is 0 Å². The lowest BCUT2D eigenvalue weighted by atomic mass is 10.1. The molecule has 1 heterocycles. The van der Waals surface area contributed by atoms with Crippen molar-refractivity contribution in [3.8, 4) is 0 Å². The highest BCUT2D eigenvalue weighted by atomic mass is 32.2. The van der Waals surface area contributed by atoms with Crippen LogP contribution in [0.25, 0.3) is 0 Å². The molecule has 1 aliphatic rings. The van der Waals surface area contributed by atoms with Crippen LogP contribution in [0.3, 0.4) is 0 Å². The van der Waals surface area contributed by atoms with Crippen molar-refractivity contribution < 1.29 is 13.6 Å². The van der Waals surface area contributed by atoms with Crippen LogP contribution in [0.5, 0.6) is 0 Å². The number of nitrogens with zero attached hydrogens (tertiary/aromatic N) is 2. The minimum Gasteiger partial charge on any atom is -0.321 e. The maximum atomic E-state index is 12.5. The molecular formula is C18H21F2N3OS. The number of hydrogen-bond donors (Lipinski definition) is 1. The van der Waals surface area contributed by atoms with Crippen LogP contribution in [0.1, 0.15) is 55.7 Å². The van der Waals surface area contributed by atoms with Gasteiger partial charge in [-0.1, -0.05) is 11.8 Å². The molecule has 1 amide bonds. The second-order valence-electron chi connectivity index (χ2n) is 7.17. The molecule has 3 rings (SSSR count). The number of nitrogens with one attached hydrogen (secondary N) is 1. The Morgan fingerprint density at radius 3 is 2.44 bits per heavy atom. The zero-order valence-electron chi connectivity index (χ0n) is 14.4. The van der Waals surface area contributed by atoms with Crippen LogP contribution in [-0.2, 0) is 5.54 Å². The largest absolute Gasteiger partial charge is 0.321 e. The Labute approximate surface area is 150 Å². The van der Waals surface area contributed by atoms with Gasteiger partial charge in [-0.2, -0.15) is 13.9 Å². The summed E-state index contributed by atoms with van der Waals surface area (Å²) in [6.45, 7) is 6.19. The third-order valence-electron chi connectivity index (χ3n) is 3.94. The Bertz CT molecular complexity index is 762. The van der Waals surface area contributed by atoms with Crippen LogP contribution in [0.2, 0.25) is 0 Å². The summed E-state index contributed by atoms with van der Waals surface area (Å²) in [5.74, 6) is -2.26.